The van der Waals surface area contributed by atoms with E-state index in [1.54, 1.807) is 0 Å². The van der Waals surface area contributed by atoms with Gasteiger partial charge in [-0.25, -0.2) is 10.9 Å². The highest BCUT2D eigenvalue weighted by molar-refractivity contribution is 6.11. The van der Waals surface area contributed by atoms with Crippen molar-refractivity contribution in [1.29, 1.82) is 0 Å². The number of hydrogen-bond donors (Lipinski definition) is 1. The molecular formula is C12H14N2O2. The lowest BCUT2D eigenvalue weighted by Gasteiger charge is -2.42. The lowest BCUT2D eigenvalue weighted by Crippen LogP contribution is -2.45. The second kappa shape index (κ2) is 2.83. The van der Waals surface area contributed by atoms with Crippen molar-refractivity contribution in [3.63, 3.8) is 0 Å². The highest BCUT2D eigenvalue weighted by Crippen LogP contribution is 2.59. The zero-order valence-corrected chi connectivity index (χ0v) is 8.98. The maximum Gasteiger partial charge on any atom is 0.255 e. The number of hydrogen-bond acceptors (Lipinski definition) is 3. The first-order valence-electron chi connectivity index (χ1n) is 5.65. The summed E-state index contributed by atoms with van der Waals surface area (Å²) in [5.74, 6) is 5.12. The standard InChI is InChI=1S/C12H14N2O2/c13-14-9(15)11-5-1-2-6-12(11,10(14)16)8-4-3-7-11/h1-2,5-6H,3-4,7-8,13H2/t11-,12+. The Kier molecular flexibility index (Phi) is 1.73. The van der Waals surface area contributed by atoms with E-state index in [1.807, 2.05) is 24.3 Å². The third kappa shape index (κ3) is 0.812. The predicted molar refractivity (Wildman–Crippen MR) is 57.7 cm³/mol. The Morgan fingerprint density at radius 3 is 1.88 bits per heavy atom. The molecule has 1 saturated heterocycles. The van der Waals surface area contributed by atoms with Crippen molar-refractivity contribution in [3.8, 4) is 0 Å². The molecule has 16 heavy (non-hydrogen) atoms. The first-order chi connectivity index (χ1) is 7.64. The van der Waals surface area contributed by atoms with Gasteiger partial charge in [0.25, 0.3) is 11.8 Å². The zero-order valence-electron chi connectivity index (χ0n) is 8.98. The zero-order chi connectivity index (χ0) is 11.4. The molecule has 84 valence electrons. The number of carbonyl (C=O) groups excluding carboxylic acids is 2. The molecule has 0 aromatic rings. The Labute approximate surface area is 93.7 Å². The van der Waals surface area contributed by atoms with Gasteiger partial charge in [-0.1, -0.05) is 37.1 Å². The van der Waals surface area contributed by atoms with E-state index in [2.05, 4.69) is 0 Å². The van der Waals surface area contributed by atoms with E-state index in [1.165, 1.54) is 0 Å². The molecule has 0 unspecified atom stereocenters. The van der Waals surface area contributed by atoms with Gasteiger partial charge < -0.3 is 0 Å². The number of allylic oxidation sites excluding steroid dienone is 2. The molecule has 2 fully saturated rings. The molecule has 1 aliphatic heterocycles. The first kappa shape index (κ1) is 9.78. The fourth-order valence-corrected chi connectivity index (χ4v) is 3.42. The average molecular weight is 218 g/mol. The molecule has 2 aliphatic carbocycles. The van der Waals surface area contributed by atoms with Gasteiger partial charge in [0.15, 0.2) is 0 Å². The summed E-state index contributed by atoms with van der Waals surface area (Å²) >= 11 is 0. The quantitative estimate of drug-likeness (QED) is 0.373. The molecule has 0 bridgehead atoms. The fourth-order valence-electron chi connectivity index (χ4n) is 3.42. The van der Waals surface area contributed by atoms with Crippen LogP contribution in [0.5, 0.6) is 0 Å². The van der Waals surface area contributed by atoms with Gasteiger partial charge in [-0.3, -0.25) is 9.59 Å². The van der Waals surface area contributed by atoms with Crippen LogP contribution in [0.25, 0.3) is 0 Å². The fraction of sp³-hybridized carbons (Fsp3) is 0.500. The summed E-state index contributed by atoms with van der Waals surface area (Å²) in [5.41, 5.74) is -1.38. The predicted octanol–water partition coefficient (Wildman–Crippen LogP) is 0.902. The third-order valence-corrected chi connectivity index (χ3v) is 4.26. The minimum absolute atomic E-state index is 0.238. The molecule has 1 heterocycles. The van der Waals surface area contributed by atoms with Crippen molar-refractivity contribution < 1.29 is 9.59 Å². The van der Waals surface area contributed by atoms with Crippen LogP contribution in [-0.4, -0.2) is 16.8 Å². The van der Waals surface area contributed by atoms with Crippen LogP contribution in [0.15, 0.2) is 24.3 Å². The van der Waals surface area contributed by atoms with Crippen LogP contribution in [0, 0.1) is 10.8 Å². The largest absolute Gasteiger partial charge is 0.272 e. The van der Waals surface area contributed by atoms with Crippen LogP contribution in [0.4, 0.5) is 0 Å². The van der Waals surface area contributed by atoms with Gasteiger partial charge in [0.1, 0.15) is 0 Å². The van der Waals surface area contributed by atoms with Crippen molar-refractivity contribution in [2.75, 3.05) is 0 Å². The third-order valence-electron chi connectivity index (χ3n) is 4.26. The number of imide groups is 1. The molecule has 2 atom stereocenters. The SMILES string of the molecule is NN1C(=O)[C@@]23C=CC=C[C@@]2(CCCC3)C1=O. The summed E-state index contributed by atoms with van der Waals surface area (Å²) in [6, 6.07) is 0. The van der Waals surface area contributed by atoms with Gasteiger partial charge in [-0.05, 0) is 12.8 Å². The minimum Gasteiger partial charge on any atom is -0.272 e. The molecule has 1 saturated carbocycles. The molecule has 0 aromatic carbocycles. The Hall–Kier alpha value is -1.42. The van der Waals surface area contributed by atoms with Gasteiger partial charge in [-0.2, -0.15) is 0 Å². The lowest BCUT2D eigenvalue weighted by molar-refractivity contribution is -0.141. The molecule has 0 aromatic heterocycles. The Balaban J connectivity index is 2.25. The maximum atomic E-state index is 12.2. The highest BCUT2D eigenvalue weighted by Gasteiger charge is 2.67. The van der Waals surface area contributed by atoms with E-state index >= 15 is 0 Å². The molecule has 0 spiro atoms. The Bertz CT molecular complexity index is 400. The number of hydrazine groups is 1. The molecule has 3 aliphatic rings. The van der Waals surface area contributed by atoms with Gasteiger partial charge in [0.2, 0.25) is 0 Å². The van der Waals surface area contributed by atoms with Crippen molar-refractivity contribution in [2.45, 2.75) is 25.7 Å². The monoisotopic (exact) mass is 218 g/mol. The van der Waals surface area contributed by atoms with Crippen LogP contribution >= 0.6 is 0 Å². The molecule has 0 radical (unpaired) electrons. The van der Waals surface area contributed by atoms with Crippen molar-refractivity contribution in [3.05, 3.63) is 24.3 Å². The number of nitrogens with two attached hydrogens (primary N) is 1. The topological polar surface area (TPSA) is 63.4 Å². The van der Waals surface area contributed by atoms with Gasteiger partial charge in [-0.15, -0.1) is 0 Å². The molecular weight excluding hydrogens is 204 g/mol. The molecule has 3 rings (SSSR count). The summed E-state index contributed by atoms with van der Waals surface area (Å²) in [7, 11) is 0. The van der Waals surface area contributed by atoms with E-state index in [0.717, 1.165) is 30.7 Å². The number of rotatable bonds is 0. The number of nitrogens with zero attached hydrogens (tertiary/aromatic N) is 1. The summed E-state index contributed by atoms with van der Waals surface area (Å²) in [6.45, 7) is 0. The summed E-state index contributed by atoms with van der Waals surface area (Å²) < 4.78 is 0. The normalized spacial score (nSPS) is 41.2. The Morgan fingerprint density at radius 2 is 1.44 bits per heavy atom. The summed E-state index contributed by atoms with van der Waals surface area (Å²) in [4.78, 5) is 24.4. The summed E-state index contributed by atoms with van der Waals surface area (Å²) in [6.07, 6.45) is 10.9. The minimum atomic E-state index is -0.689. The second-order valence-electron chi connectivity index (χ2n) is 4.85. The highest BCUT2D eigenvalue weighted by atomic mass is 16.2. The van der Waals surface area contributed by atoms with Crippen molar-refractivity contribution in [1.82, 2.24) is 5.01 Å². The van der Waals surface area contributed by atoms with Crippen LogP contribution < -0.4 is 5.84 Å². The average Bonchev–Trinajstić information content (AvgIpc) is 2.51. The molecule has 2 N–H and O–H groups in total. The van der Waals surface area contributed by atoms with E-state index in [-0.39, 0.29) is 11.8 Å². The van der Waals surface area contributed by atoms with Crippen molar-refractivity contribution in [2.24, 2.45) is 16.7 Å². The second-order valence-corrected chi connectivity index (χ2v) is 4.85. The maximum absolute atomic E-state index is 12.2. The van der Waals surface area contributed by atoms with Crippen molar-refractivity contribution >= 4 is 11.8 Å². The molecule has 4 heteroatoms. The van der Waals surface area contributed by atoms with Crippen LogP contribution in [0.2, 0.25) is 0 Å². The van der Waals surface area contributed by atoms with E-state index in [0.29, 0.717) is 0 Å². The first-order valence-corrected chi connectivity index (χ1v) is 5.65. The van der Waals surface area contributed by atoms with Gasteiger partial charge in [0, 0.05) is 0 Å². The van der Waals surface area contributed by atoms with E-state index in [9.17, 15) is 9.59 Å². The Morgan fingerprint density at radius 1 is 1.00 bits per heavy atom. The molecule has 2 amide bonds. The van der Waals surface area contributed by atoms with Gasteiger partial charge in [0.05, 0.1) is 10.8 Å². The van der Waals surface area contributed by atoms with E-state index < -0.39 is 10.8 Å². The lowest BCUT2D eigenvalue weighted by atomic mass is 9.55. The van der Waals surface area contributed by atoms with E-state index in [4.69, 9.17) is 5.84 Å². The van der Waals surface area contributed by atoms with Crippen LogP contribution in [0.1, 0.15) is 25.7 Å². The van der Waals surface area contributed by atoms with Crippen LogP contribution in [-0.2, 0) is 9.59 Å². The van der Waals surface area contributed by atoms with Crippen LogP contribution in [0.3, 0.4) is 0 Å². The number of amides is 2. The summed E-state index contributed by atoms with van der Waals surface area (Å²) in [5, 5.41) is 0.825. The molecule has 4 nitrogen and oxygen atoms in total. The van der Waals surface area contributed by atoms with Gasteiger partial charge >= 0.3 is 0 Å². The number of carbonyl (C=O) groups is 2. The smallest absolute Gasteiger partial charge is 0.255 e.